The van der Waals surface area contributed by atoms with Crippen LogP contribution in [0.5, 0.6) is 0 Å². The van der Waals surface area contributed by atoms with Gasteiger partial charge in [0.15, 0.2) is 5.16 Å². The van der Waals surface area contributed by atoms with Gasteiger partial charge in [0, 0.05) is 17.6 Å². The van der Waals surface area contributed by atoms with E-state index in [1.807, 2.05) is 30.5 Å². The van der Waals surface area contributed by atoms with Gasteiger partial charge in [-0.1, -0.05) is 42.1 Å². The minimum Gasteiger partial charge on any atom is -0.333 e. The first kappa shape index (κ1) is 11.1. The third-order valence-corrected chi connectivity index (χ3v) is 3.50. The summed E-state index contributed by atoms with van der Waals surface area (Å²) in [4.78, 5) is 7.67. The molecule has 0 aliphatic heterocycles. The van der Waals surface area contributed by atoms with Crippen LogP contribution in [-0.4, -0.2) is 20.2 Å². The van der Waals surface area contributed by atoms with Crippen molar-refractivity contribution in [3.05, 3.63) is 54.5 Å². The highest BCUT2D eigenvalue weighted by Crippen LogP contribution is 2.23. The van der Waals surface area contributed by atoms with Crippen molar-refractivity contribution in [3.8, 4) is 11.3 Å². The van der Waals surface area contributed by atoms with Crippen molar-refractivity contribution in [1.82, 2.24) is 20.2 Å². The smallest absolute Gasteiger partial charge is 0.166 e. The van der Waals surface area contributed by atoms with Crippen LogP contribution in [0.1, 0.15) is 5.69 Å². The molecule has 0 bridgehead atoms. The van der Waals surface area contributed by atoms with E-state index in [1.54, 1.807) is 18.0 Å². The van der Waals surface area contributed by atoms with Crippen LogP contribution in [0.15, 0.2) is 53.9 Å². The predicted octanol–water partition coefficient (Wildman–Crippen LogP) is 3.09. The van der Waals surface area contributed by atoms with Crippen molar-refractivity contribution in [2.24, 2.45) is 0 Å². The number of nitrogens with one attached hydrogen (secondary N) is 2. The van der Waals surface area contributed by atoms with Gasteiger partial charge in [-0.2, -0.15) is 5.10 Å². The molecular formula is C13H12N4S. The van der Waals surface area contributed by atoms with E-state index in [2.05, 4.69) is 32.3 Å². The number of aromatic nitrogens is 4. The maximum atomic E-state index is 4.37. The summed E-state index contributed by atoms with van der Waals surface area (Å²) in [5.74, 6) is 0.835. The zero-order valence-electron chi connectivity index (χ0n) is 9.63. The molecule has 3 aromatic rings. The summed E-state index contributed by atoms with van der Waals surface area (Å²) in [6.45, 7) is 0. The van der Waals surface area contributed by atoms with Crippen molar-refractivity contribution in [3.63, 3.8) is 0 Å². The second-order valence-electron chi connectivity index (χ2n) is 3.84. The average Bonchev–Trinajstić information content (AvgIpc) is 3.09. The zero-order valence-corrected chi connectivity index (χ0v) is 10.4. The van der Waals surface area contributed by atoms with Crippen LogP contribution in [0.3, 0.4) is 0 Å². The molecule has 0 radical (unpaired) electrons. The van der Waals surface area contributed by atoms with Gasteiger partial charge >= 0.3 is 0 Å². The molecule has 0 spiro atoms. The second-order valence-corrected chi connectivity index (χ2v) is 4.80. The summed E-state index contributed by atoms with van der Waals surface area (Å²) in [7, 11) is 0. The summed E-state index contributed by atoms with van der Waals surface area (Å²) < 4.78 is 0. The number of thioether (sulfide) groups is 1. The van der Waals surface area contributed by atoms with Crippen molar-refractivity contribution < 1.29 is 0 Å². The first-order valence-corrected chi connectivity index (χ1v) is 6.62. The molecule has 0 saturated carbocycles. The molecule has 90 valence electrons. The number of nitrogens with zero attached hydrogens (tertiary/aromatic N) is 2. The van der Waals surface area contributed by atoms with E-state index >= 15 is 0 Å². The lowest BCUT2D eigenvalue weighted by atomic mass is 10.2. The Bertz CT molecular complexity index is 601. The Balaban J connectivity index is 1.70. The third-order valence-electron chi connectivity index (χ3n) is 2.56. The number of imidazole rings is 1. The van der Waals surface area contributed by atoms with Gasteiger partial charge in [0.1, 0.15) is 0 Å². The predicted molar refractivity (Wildman–Crippen MR) is 72.2 cm³/mol. The Morgan fingerprint density at radius 2 is 2.00 bits per heavy atom. The molecule has 0 saturated heterocycles. The molecule has 0 fully saturated rings. The number of aromatic amines is 2. The average molecular weight is 256 g/mol. The molecule has 2 heterocycles. The van der Waals surface area contributed by atoms with Crippen molar-refractivity contribution >= 4 is 11.8 Å². The van der Waals surface area contributed by atoms with Gasteiger partial charge in [-0.05, 0) is 11.6 Å². The molecule has 2 aromatic heterocycles. The molecule has 4 nitrogen and oxygen atoms in total. The summed E-state index contributed by atoms with van der Waals surface area (Å²) in [5.41, 5.74) is 3.29. The quantitative estimate of drug-likeness (QED) is 0.705. The Morgan fingerprint density at radius 1 is 1.11 bits per heavy atom. The summed E-state index contributed by atoms with van der Waals surface area (Å²) in [6.07, 6.45) is 3.62. The molecule has 0 atom stereocenters. The Morgan fingerprint density at radius 3 is 2.78 bits per heavy atom. The van der Waals surface area contributed by atoms with E-state index < -0.39 is 0 Å². The van der Waals surface area contributed by atoms with Gasteiger partial charge in [-0.25, -0.2) is 4.98 Å². The maximum Gasteiger partial charge on any atom is 0.166 e. The summed E-state index contributed by atoms with van der Waals surface area (Å²) in [6, 6.07) is 12.1. The number of hydrogen-bond donors (Lipinski definition) is 2. The van der Waals surface area contributed by atoms with Gasteiger partial charge in [0.25, 0.3) is 0 Å². The molecular weight excluding hydrogens is 244 g/mol. The fourth-order valence-corrected chi connectivity index (χ4v) is 2.41. The highest BCUT2D eigenvalue weighted by molar-refractivity contribution is 7.98. The minimum atomic E-state index is 0.835. The molecule has 0 amide bonds. The number of benzene rings is 1. The summed E-state index contributed by atoms with van der Waals surface area (Å²) >= 11 is 1.66. The minimum absolute atomic E-state index is 0.835. The zero-order chi connectivity index (χ0) is 12.2. The number of rotatable bonds is 4. The van der Waals surface area contributed by atoms with Crippen LogP contribution in [0.4, 0.5) is 0 Å². The lowest BCUT2D eigenvalue weighted by Gasteiger charge is -1.96. The van der Waals surface area contributed by atoms with Crippen LogP contribution in [-0.2, 0) is 5.75 Å². The van der Waals surface area contributed by atoms with E-state index in [9.17, 15) is 0 Å². The molecule has 1 aromatic carbocycles. The van der Waals surface area contributed by atoms with Crippen LogP contribution in [0.25, 0.3) is 11.3 Å². The molecule has 18 heavy (non-hydrogen) atoms. The molecule has 0 aliphatic rings. The fourth-order valence-electron chi connectivity index (χ4n) is 1.65. The molecule has 2 N–H and O–H groups in total. The Hall–Kier alpha value is -2.01. The first-order valence-electron chi connectivity index (χ1n) is 5.63. The number of hydrogen-bond acceptors (Lipinski definition) is 3. The van der Waals surface area contributed by atoms with Gasteiger partial charge in [0.05, 0.1) is 11.9 Å². The van der Waals surface area contributed by atoms with Gasteiger partial charge in [-0.15, -0.1) is 0 Å². The topological polar surface area (TPSA) is 57.4 Å². The standard InChI is InChI=1S/C13H12N4S/c1-2-4-10(5-3-1)12-8-14-13(16-12)18-9-11-6-7-15-17-11/h1-8H,9H2,(H,14,16)(H,15,17). The molecule has 0 aliphatic carbocycles. The van der Waals surface area contributed by atoms with Crippen molar-refractivity contribution in [2.75, 3.05) is 0 Å². The van der Waals surface area contributed by atoms with E-state index in [4.69, 9.17) is 0 Å². The van der Waals surface area contributed by atoms with Crippen molar-refractivity contribution in [1.29, 1.82) is 0 Å². The van der Waals surface area contributed by atoms with Gasteiger partial charge < -0.3 is 4.98 Å². The van der Waals surface area contributed by atoms with Crippen LogP contribution in [0, 0.1) is 0 Å². The molecule has 0 unspecified atom stereocenters. The van der Waals surface area contributed by atoms with Crippen LogP contribution < -0.4 is 0 Å². The number of H-pyrrole nitrogens is 2. The third kappa shape index (κ3) is 2.46. The molecule has 5 heteroatoms. The highest BCUT2D eigenvalue weighted by atomic mass is 32.2. The first-order chi connectivity index (χ1) is 8.92. The van der Waals surface area contributed by atoms with Crippen molar-refractivity contribution in [2.45, 2.75) is 10.9 Å². The fraction of sp³-hybridized carbons (Fsp3) is 0.0769. The van der Waals surface area contributed by atoms with Gasteiger partial charge in [-0.3, -0.25) is 5.10 Å². The van der Waals surface area contributed by atoms with E-state index in [0.29, 0.717) is 0 Å². The normalized spacial score (nSPS) is 10.7. The SMILES string of the molecule is c1ccc(-c2cnc(SCc3ccn[nH]3)[nH]2)cc1. The Labute approximate surface area is 109 Å². The summed E-state index contributed by atoms with van der Waals surface area (Å²) in [5, 5.41) is 7.77. The lowest BCUT2D eigenvalue weighted by Crippen LogP contribution is -1.82. The lowest BCUT2D eigenvalue weighted by molar-refractivity contribution is 1.02. The highest BCUT2D eigenvalue weighted by Gasteiger charge is 2.04. The monoisotopic (exact) mass is 256 g/mol. The largest absolute Gasteiger partial charge is 0.333 e. The molecule has 3 rings (SSSR count). The van der Waals surface area contributed by atoms with E-state index in [1.165, 1.54) is 0 Å². The van der Waals surface area contributed by atoms with Crippen LogP contribution >= 0.6 is 11.8 Å². The van der Waals surface area contributed by atoms with Gasteiger partial charge in [0.2, 0.25) is 0 Å². The second kappa shape index (κ2) is 5.10. The maximum absolute atomic E-state index is 4.37. The Kier molecular flexibility index (Phi) is 3.14. The van der Waals surface area contributed by atoms with E-state index in [-0.39, 0.29) is 0 Å². The van der Waals surface area contributed by atoms with E-state index in [0.717, 1.165) is 27.9 Å². The van der Waals surface area contributed by atoms with Crippen LogP contribution in [0.2, 0.25) is 0 Å².